The van der Waals surface area contributed by atoms with Crippen molar-refractivity contribution in [2.75, 3.05) is 18.0 Å². The first kappa shape index (κ1) is 15.9. The third kappa shape index (κ3) is 3.67. The van der Waals surface area contributed by atoms with Crippen LogP contribution in [0.1, 0.15) is 38.0 Å². The second-order valence-electron chi connectivity index (χ2n) is 7.04. The lowest BCUT2D eigenvalue weighted by molar-refractivity contribution is 0.194. The SMILES string of the molecule is CCc1ccc2c(c1)N(CC(C)(C)N)CC(c1ccccc1)O2. The molecule has 3 rings (SSSR count). The van der Waals surface area contributed by atoms with Gasteiger partial charge in [-0.05, 0) is 43.5 Å². The fourth-order valence-corrected chi connectivity index (χ4v) is 3.10. The van der Waals surface area contributed by atoms with E-state index < -0.39 is 0 Å². The van der Waals surface area contributed by atoms with Crippen molar-refractivity contribution in [3.8, 4) is 5.75 Å². The summed E-state index contributed by atoms with van der Waals surface area (Å²) in [5, 5.41) is 0. The van der Waals surface area contributed by atoms with Gasteiger partial charge in [-0.1, -0.05) is 43.3 Å². The molecule has 0 spiro atoms. The van der Waals surface area contributed by atoms with Crippen LogP contribution in [0, 0.1) is 0 Å². The summed E-state index contributed by atoms with van der Waals surface area (Å²) in [6.45, 7) is 7.95. The summed E-state index contributed by atoms with van der Waals surface area (Å²) in [5.41, 5.74) is 9.74. The van der Waals surface area contributed by atoms with Gasteiger partial charge in [0.05, 0.1) is 12.2 Å². The minimum atomic E-state index is -0.252. The molecule has 1 aliphatic heterocycles. The van der Waals surface area contributed by atoms with Crippen molar-refractivity contribution in [2.45, 2.75) is 38.8 Å². The minimum absolute atomic E-state index is 0.0403. The maximum absolute atomic E-state index is 6.30. The highest BCUT2D eigenvalue weighted by Crippen LogP contribution is 2.39. The predicted molar refractivity (Wildman–Crippen MR) is 96.1 cm³/mol. The number of nitrogens with zero attached hydrogens (tertiary/aromatic N) is 1. The number of hydrogen-bond acceptors (Lipinski definition) is 3. The first-order chi connectivity index (χ1) is 11.0. The zero-order chi connectivity index (χ0) is 16.4. The Morgan fingerprint density at radius 1 is 1.17 bits per heavy atom. The molecule has 2 aromatic rings. The van der Waals surface area contributed by atoms with Gasteiger partial charge in [-0.15, -0.1) is 0 Å². The molecular weight excluding hydrogens is 284 g/mol. The van der Waals surface area contributed by atoms with Gasteiger partial charge in [-0.25, -0.2) is 0 Å². The molecule has 0 aliphatic carbocycles. The molecule has 0 fully saturated rings. The molecule has 1 unspecified atom stereocenters. The molecule has 0 amide bonds. The van der Waals surface area contributed by atoms with E-state index in [1.165, 1.54) is 11.1 Å². The van der Waals surface area contributed by atoms with Crippen LogP contribution in [0.15, 0.2) is 48.5 Å². The van der Waals surface area contributed by atoms with Crippen molar-refractivity contribution in [3.05, 3.63) is 59.7 Å². The van der Waals surface area contributed by atoms with Crippen LogP contribution in [0.5, 0.6) is 5.75 Å². The maximum Gasteiger partial charge on any atom is 0.143 e. The monoisotopic (exact) mass is 310 g/mol. The Morgan fingerprint density at radius 2 is 1.91 bits per heavy atom. The Hall–Kier alpha value is -2.00. The summed E-state index contributed by atoms with van der Waals surface area (Å²) in [5.74, 6) is 0.951. The normalized spacial score (nSPS) is 17.6. The minimum Gasteiger partial charge on any atom is -0.482 e. The van der Waals surface area contributed by atoms with Gasteiger partial charge in [0.25, 0.3) is 0 Å². The average Bonchev–Trinajstić information content (AvgIpc) is 2.54. The quantitative estimate of drug-likeness (QED) is 0.930. The summed E-state index contributed by atoms with van der Waals surface area (Å²) in [6, 6.07) is 16.9. The molecule has 1 aliphatic rings. The number of rotatable bonds is 4. The fraction of sp³-hybridized carbons (Fsp3) is 0.400. The third-order valence-electron chi connectivity index (χ3n) is 4.20. The van der Waals surface area contributed by atoms with Gasteiger partial charge in [0, 0.05) is 12.1 Å². The molecule has 1 atom stereocenters. The van der Waals surface area contributed by atoms with Gasteiger partial charge < -0.3 is 15.4 Å². The highest BCUT2D eigenvalue weighted by molar-refractivity contribution is 5.62. The smallest absolute Gasteiger partial charge is 0.143 e. The van der Waals surface area contributed by atoms with E-state index in [2.05, 4.69) is 68.1 Å². The van der Waals surface area contributed by atoms with Crippen molar-refractivity contribution >= 4 is 5.69 Å². The lowest BCUT2D eigenvalue weighted by Crippen LogP contribution is -2.48. The lowest BCUT2D eigenvalue weighted by atomic mass is 10.0. The van der Waals surface area contributed by atoms with Gasteiger partial charge in [0.15, 0.2) is 0 Å². The van der Waals surface area contributed by atoms with Crippen molar-refractivity contribution in [1.82, 2.24) is 0 Å². The molecule has 2 aromatic carbocycles. The molecule has 1 heterocycles. The summed E-state index contributed by atoms with van der Waals surface area (Å²) < 4.78 is 6.28. The Labute approximate surface area is 139 Å². The van der Waals surface area contributed by atoms with Gasteiger partial charge >= 0.3 is 0 Å². The Morgan fingerprint density at radius 3 is 2.57 bits per heavy atom. The number of anilines is 1. The van der Waals surface area contributed by atoms with Crippen LogP contribution in [0.2, 0.25) is 0 Å². The van der Waals surface area contributed by atoms with Crippen LogP contribution in [0.25, 0.3) is 0 Å². The van der Waals surface area contributed by atoms with Gasteiger partial charge in [0.2, 0.25) is 0 Å². The second kappa shape index (κ2) is 6.25. The van der Waals surface area contributed by atoms with Gasteiger partial charge in [-0.2, -0.15) is 0 Å². The molecule has 0 saturated heterocycles. The summed E-state index contributed by atoms with van der Waals surface area (Å²) in [7, 11) is 0. The van der Waals surface area contributed by atoms with Crippen LogP contribution in [0.4, 0.5) is 5.69 Å². The molecule has 122 valence electrons. The number of aryl methyl sites for hydroxylation is 1. The number of hydrogen-bond donors (Lipinski definition) is 1. The number of benzene rings is 2. The maximum atomic E-state index is 6.30. The standard InChI is InChI=1S/C20H26N2O/c1-4-15-10-11-18-17(12-15)22(14-20(2,3)21)13-19(23-18)16-8-6-5-7-9-16/h5-12,19H,4,13-14,21H2,1-3H3. The highest BCUT2D eigenvalue weighted by Gasteiger charge is 2.29. The highest BCUT2D eigenvalue weighted by atomic mass is 16.5. The van der Waals surface area contributed by atoms with Crippen LogP contribution in [-0.2, 0) is 6.42 Å². The van der Waals surface area contributed by atoms with Crippen LogP contribution >= 0.6 is 0 Å². The van der Waals surface area contributed by atoms with Crippen molar-refractivity contribution in [1.29, 1.82) is 0 Å². The van der Waals surface area contributed by atoms with E-state index in [1.54, 1.807) is 0 Å². The fourth-order valence-electron chi connectivity index (χ4n) is 3.10. The molecular formula is C20H26N2O. The van der Waals surface area contributed by atoms with E-state index in [0.717, 1.165) is 30.9 Å². The molecule has 0 bridgehead atoms. The van der Waals surface area contributed by atoms with E-state index in [0.29, 0.717) is 0 Å². The summed E-state index contributed by atoms with van der Waals surface area (Å²) >= 11 is 0. The zero-order valence-electron chi connectivity index (χ0n) is 14.3. The van der Waals surface area contributed by atoms with Crippen LogP contribution in [0.3, 0.4) is 0 Å². The van der Waals surface area contributed by atoms with E-state index in [9.17, 15) is 0 Å². The van der Waals surface area contributed by atoms with Crippen molar-refractivity contribution < 1.29 is 4.74 Å². The summed E-state index contributed by atoms with van der Waals surface area (Å²) in [4.78, 5) is 2.37. The van der Waals surface area contributed by atoms with E-state index >= 15 is 0 Å². The van der Waals surface area contributed by atoms with Gasteiger partial charge in [-0.3, -0.25) is 0 Å². The largest absolute Gasteiger partial charge is 0.482 e. The van der Waals surface area contributed by atoms with Crippen LogP contribution < -0.4 is 15.4 Å². The van der Waals surface area contributed by atoms with Crippen molar-refractivity contribution in [3.63, 3.8) is 0 Å². The second-order valence-corrected chi connectivity index (χ2v) is 7.04. The number of ether oxygens (including phenoxy) is 1. The topological polar surface area (TPSA) is 38.5 Å². The molecule has 2 N–H and O–H groups in total. The number of nitrogens with two attached hydrogens (primary N) is 1. The van der Waals surface area contributed by atoms with Gasteiger partial charge in [0.1, 0.15) is 11.9 Å². The molecule has 3 nitrogen and oxygen atoms in total. The zero-order valence-corrected chi connectivity index (χ0v) is 14.3. The Kier molecular flexibility index (Phi) is 4.31. The first-order valence-corrected chi connectivity index (χ1v) is 8.34. The molecule has 0 aromatic heterocycles. The van der Waals surface area contributed by atoms with Crippen LogP contribution in [-0.4, -0.2) is 18.6 Å². The van der Waals surface area contributed by atoms with E-state index in [1.807, 2.05) is 6.07 Å². The third-order valence-corrected chi connectivity index (χ3v) is 4.20. The molecule has 23 heavy (non-hydrogen) atoms. The average molecular weight is 310 g/mol. The van der Waals surface area contributed by atoms with Crippen molar-refractivity contribution in [2.24, 2.45) is 5.73 Å². The lowest BCUT2D eigenvalue weighted by Gasteiger charge is -2.39. The van der Waals surface area contributed by atoms with E-state index in [4.69, 9.17) is 10.5 Å². The molecule has 0 radical (unpaired) electrons. The number of fused-ring (bicyclic) bond motifs is 1. The Bertz CT molecular complexity index is 661. The molecule has 0 saturated carbocycles. The van der Waals surface area contributed by atoms with E-state index in [-0.39, 0.29) is 11.6 Å². The Balaban J connectivity index is 1.96. The molecule has 3 heteroatoms. The predicted octanol–water partition coefficient (Wildman–Crippen LogP) is 3.93. The first-order valence-electron chi connectivity index (χ1n) is 8.34. The summed E-state index contributed by atoms with van der Waals surface area (Å²) in [6.07, 6.45) is 1.06.